The van der Waals surface area contributed by atoms with Crippen LogP contribution >= 0.6 is 12.4 Å². The first-order valence-electron chi connectivity index (χ1n) is 7.93. The lowest BCUT2D eigenvalue weighted by atomic mass is 10.0. The second-order valence-electron chi connectivity index (χ2n) is 5.66. The average molecular weight is 403 g/mol. The number of hydrogen-bond acceptors (Lipinski definition) is 7. The van der Waals surface area contributed by atoms with E-state index in [9.17, 15) is 24.5 Å². The molecular weight excluding hydrogens is 380 g/mol. The Balaban J connectivity index is 0.00000676. The number of ether oxygens (including phenoxy) is 1. The molecule has 2 amide bonds. The van der Waals surface area contributed by atoms with E-state index in [1.807, 2.05) is 0 Å². The third-order valence-corrected chi connectivity index (χ3v) is 3.21. The van der Waals surface area contributed by atoms with Crippen molar-refractivity contribution in [1.82, 2.24) is 10.6 Å². The molecule has 0 aliphatic carbocycles. The quantitative estimate of drug-likeness (QED) is 0.310. The predicted octanol–water partition coefficient (Wildman–Crippen LogP) is 0.591. The summed E-state index contributed by atoms with van der Waals surface area (Å²) < 4.78 is 5.05. The number of para-hydroxylation sites is 1. The maximum atomic E-state index is 12.0. The van der Waals surface area contributed by atoms with Crippen LogP contribution in [-0.2, 0) is 19.1 Å². The first-order valence-corrected chi connectivity index (χ1v) is 7.93. The van der Waals surface area contributed by atoms with Crippen LogP contribution in [0.1, 0.15) is 31.9 Å². The van der Waals surface area contributed by atoms with Crippen LogP contribution in [0.15, 0.2) is 24.3 Å². The summed E-state index contributed by atoms with van der Waals surface area (Å²) in [5.41, 5.74) is 5.06. The van der Waals surface area contributed by atoms with Gasteiger partial charge in [0, 0.05) is 6.07 Å². The van der Waals surface area contributed by atoms with Gasteiger partial charge in [-0.15, -0.1) is 12.4 Å². The van der Waals surface area contributed by atoms with E-state index in [0.717, 1.165) is 0 Å². The average Bonchev–Trinajstić information content (AvgIpc) is 2.58. The molecule has 0 fully saturated rings. The second-order valence-corrected chi connectivity index (χ2v) is 5.66. The van der Waals surface area contributed by atoms with Crippen LogP contribution < -0.4 is 16.4 Å². The van der Waals surface area contributed by atoms with Gasteiger partial charge in [0.2, 0.25) is 11.8 Å². The van der Waals surface area contributed by atoms with Gasteiger partial charge >= 0.3 is 5.97 Å². The molecule has 1 rings (SSSR count). The number of nitrogens with one attached hydrogen (secondary N) is 2. The van der Waals surface area contributed by atoms with Gasteiger partial charge in [-0.25, -0.2) is 0 Å². The van der Waals surface area contributed by atoms with Gasteiger partial charge in [0.05, 0.1) is 42.1 Å². The van der Waals surface area contributed by atoms with Crippen molar-refractivity contribution in [3.8, 4) is 0 Å². The molecular formula is C16H23ClN4O6. The van der Waals surface area contributed by atoms with Crippen molar-refractivity contribution in [3.05, 3.63) is 39.9 Å². The SMILES string of the molecule is CC(C)OC(=O)CC(NC(=O)CNC(=O)CN)c1ccccc1[N+](=O)[O-].Cl. The minimum absolute atomic E-state index is 0. The number of benzene rings is 1. The highest BCUT2D eigenvalue weighted by atomic mass is 35.5. The van der Waals surface area contributed by atoms with Crippen LogP contribution in [0.3, 0.4) is 0 Å². The molecule has 11 heteroatoms. The van der Waals surface area contributed by atoms with E-state index >= 15 is 0 Å². The van der Waals surface area contributed by atoms with Gasteiger partial charge < -0.3 is 21.1 Å². The van der Waals surface area contributed by atoms with Gasteiger partial charge in [0.1, 0.15) is 0 Å². The molecule has 0 aliphatic heterocycles. The van der Waals surface area contributed by atoms with Crippen LogP contribution in [0.4, 0.5) is 5.69 Å². The molecule has 1 aromatic carbocycles. The summed E-state index contributed by atoms with van der Waals surface area (Å²) in [6, 6.07) is 4.79. The fraction of sp³-hybridized carbons (Fsp3) is 0.438. The molecule has 0 spiro atoms. The van der Waals surface area contributed by atoms with Crippen LogP contribution in [0.25, 0.3) is 0 Å². The molecule has 0 heterocycles. The van der Waals surface area contributed by atoms with Crippen LogP contribution in [0.2, 0.25) is 0 Å². The Bertz CT molecular complexity index is 683. The van der Waals surface area contributed by atoms with Gasteiger partial charge in [-0.3, -0.25) is 24.5 Å². The van der Waals surface area contributed by atoms with Crippen molar-refractivity contribution in [2.75, 3.05) is 13.1 Å². The lowest BCUT2D eigenvalue weighted by Gasteiger charge is -2.19. The first-order chi connectivity index (χ1) is 12.2. The highest BCUT2D eigenvalue weighted by Crippen LogP contribution is 2.27. The standard InChI is InChI=1S/C16H22N4O6.ClH/c1-10(2)26-16(23)7-12(19-15(22)9-18-14(21)8-17)11-5-3-4-6-13(11)20(24)25;/h3-6,10,12H,7-9,17H2,1-2H3,(H,18,21)(H,19,22);1H. The number of carbonyl (C=O) groups excluding carboxylic acids is 3. The molecule has 0 saturated heterocycles. The van der Waals surface area contributed by atoms with Crippen molar-refractivity contribution >= 4 is 35.9 Å². The van der Waals surface area contributed by atoms with E-state index in [1.165, 1.54) is 18.2 Å². The van der Waals surface area contributed by atoms with E-state index < -0.39 is 28.7 Å². The van der Waals surface area contributed by atoms with Gasteiger partial charge in [-0.05, 0) is 13.8 Å². The molecule has 10 nitrogen and oxygen atoms in total. The molecule has 1 aromatic rings. The minimum Gasteiger partial charge on any atom is -0.463 e. The molecule has 0 aliphatic rings. The van der Waals surface area contributed by atoms with Gasteiger partial charge in [-0.1, -0.05) is 18.2 Å². The van der Waals surface area contributed by atoms with Crippen LogP contribution in [0, 0.1) is 10.1 Å². The Labute approximate surface area is 162 Å². The third-order valence-electron chi connectivity index (χ3n) is 3.21. The van der Waals surface area contributed by atoms with E-state index in [2.05, 4.69) is 10.6 Å². The monoisotopic (exact) mass is 402 g/mol. The normalized spacial score (nSPS) is 11.1. The Morgan fingerprint density at radius 1 is 1.22 bits per heavy atom. The Morgan fingerprint density at radius 3 is 2.41 bits per heavy atom. The number of rotatable bonds is 9. The summed E-state index contributed by atoms with van der Waals surface area (Å²) in [7, 11) is 0. The summed E-state index contributed by atoms with van der Waals surface area (Å²) in [5, 5.41) is 16.0. The summed E-state index contributed by atoms with van der Waals surface area (Å²) >= 11 is 0. The zero-order valence-corrected chi connectivity index (χ0v) is 15.8. The Morgan fingerprint density at radius 2 is 1.85 bits per heavy atom. The first kappa shape index (κ1) is 24.3. The number of halogens is 1. The van der Waals surface area contributed by atoms with Crippen molar-refractivity contribution < 1.29 is 24.0 Å². The molecule has 0 aromatic heterocycles. The van der Waals surface area contributed by atoms with Gasteiger partial charge in [0.15, 0.2) is 0 Å². The highest BCUT2D eigenvalue weighted by Gasteiger charge is 2.26. The highest BCUT2D eigenvalue weighted by molar-refractivity contribution is 5.86. The van der Waals surface area contributed by atoms with E-state index in [0.29, 0.717) is 0 Å². The zero-order valence-electron chi connectivity index (χ0n) is 15.0. The van der Waals surface area contributed by atoms with Crippen LogP contribution in [-0.4, -0.2) is 41.9 Å². The number of nitro benzene ring substituents is 1. The van der Waals surface area contributed by atoms with Crippen molar-refractivity contribution in [1.29, 1.82) is 0 Å². The number of nitrogens with two attached hydrogens (primary N) is 1. The summed E-state index contributed by atoms with van der Waals surface area (Å²) in [4.78, 5) is 45.8. The van der Waals surface area contributed by atoms with Crippen molar-refractivity contribution in [2.24, 2.45) is 5.73 Å². The lowest BCUT2D eigenvalue weighted by molar-refractivity contribution is -0.385. The molecule has 150 valence electrons. The van der Waals surface area contributed by atoms with Crippen molar-refractivity contribution in [3.63, 3.8) is 0 Å². The second kappa shape index (κ2) is 11.8. The number of esters is 1. The number of nitrogens with zero attached hydrogens (tertiary/aromatic N) is 1. The van der Waals surface area contributed by atoms with Gasteiger partial charge in [-0.2, -0.15) is 0 Å². The maximum absolute atomic E-state index is 12.0. The number of amides is 2. The predicted molar refractivity (Wildman–Crippen MR) is 99.1 cm³/mol. The van der Waals surface area contributed by atoms with E-state index in [-0.39, 0.29) is 49.3 Å². The summed E-state index contributed by atoms with van der Waals surface area (Å²) in [5.74, 6) is -1.76. The molecule has 4 N–H and O–H groups in total. The smallest absolute Gasteiger partial charge is 0.308 e. The van der Waals surface area contributed by atoms with Gasteiger partial charge in [0.25, 0.3) is 5.69 Å². The molecule has 0 bridgehead atoms. The Hall–Kier alpha value is -2.72. The zero-order chi connectivity index (χ0) is 19.7. The minimum atomic E-state index is -0.981. The maximum Gasteiger partial charge on any atom is 0.308 e. The lowest BCUT2D eigenvalue weighted by Crippen LogP contribution is -2.41. The molecule has 1 atom stereocenters. The molecule has 0 radical (unpaired) electrons. The topological polar surface area (TPSA) is 154 Å². The summed E-state index contributed by atoms with van der Waals surface area (Å²) in [6.07, 6.45) is -0.659. The third kappa shape index (κ3) is 8.47. The number of nitro groups is 1. The molecule has 0 saturated carbocycles. The van der Waals surface area contributed by atoms with Crippen LogP contribution in [0.5, 0.6) is 0 Å². The number of carbonyl (C=O) groups is 3. The molecule has 27 heavy (non-hydrogen) atoms. The van der Waals surface area contributed by atoms with E-state index in [1.54, 1.807) is 19.9 Å². The fourth-order valence-electron chi connectivity index (χ4n) is 2.16. The van der Waals surface area contributed by atoms with E-state index in [4.69, 9.17) is 10.5 Å². The van der Waals surface area contributed by atoms with Crippen molar-refractivity contribution in [2.45, 2.75) is 32.4 Å². The fourth-order valence-corrected chi connectivity index (χ4v) is 2.16. The summed E-state index contributed by atoms with van der Waals surface area (Å²) in [6.45, 7) is 2.69. The molecule has 1 unspecified atom stereocenters. The largest absolute Gasteiger partial charge is 0.463 e. The number of hydrogen-bond donors (Lipinski definition) is 3. The Kier molecular flexibility index (Phi) is 10.6.